The molecule has 0 fully saturated rings. The van der Waals surface area contributed by atoms with Crippen molar-refractivity contribution in [3.05, 3.63) is 27.7 Å². The number of nitrogens with one attached hydrogen (secondary N) is 2. The fourth-order valence-corrected chi connectivity index (χ4v) is 4.21. The van der Waals surface area contributed by atoms with Crippen LogP contribution < -0.4 is 10.0 Å². The molecule has 0 aliphatic heterocycles. The van der Waals surface area contributed by atoms with Gasteiger partial charge in [0.1, 0.15) is 0 Å². The van der Waals surface area contributed by atoms with E-state index in [1.165, 1.54) is 0 Å². The first-order valence-corrected chi connectivity index (χ1v) is 9.04. The highest BCUT2D eigenvalue weighted by Crippen LogP contribution is 2.26. The summed E-state index contributed by atoms with van der Waals surface area (Å²) in [6.07, 6.45) is 0.631. The number of ether oxygens (including phenoxy) is 1. The third kappa shape index (κ3) is 5.34. The molecule has 0 saturated carbocycles. The van der Waals surface area contributed by atoms with Gasteiger partial charge in [0.2, 0.25) is 10.0 Å². The van der Waals surface area contributed by atoms with Crippen LogP contribution in [0.3, 0.4) is 0 Å². The highest BCUT2D eigenvalue weighted by molar-refractivity contribution is 9.10. The molecule has 1 aromatic carbocycles. The van der Waals surface area contributed by atoms with Crippen LogP contribution >= 0.6 is 15.9 Å². The van der Waals surface area contributed by atoms with Crippen LogP contribution in [-0.4, -0.2) is 35.2 Å². The number of benzene rings is 1. The molecule has 0 bridgehead atoms. The lowest BCUT2D eigenvalue weighted by atomic mass is 10.1. The molecular formula is C14H23BrN2O3S. The maximum absolute atomic E-state index is 12.5. The van der Waals surface area contributed by atoms with Crippen LogP contribution in [0.4, 0.5) is 0 Å². The Labute approximate surface area is 135 Å². The molecule has 0 aliphatic carbocycles. The molecular weight excluding hydrogens is 356 g/mol. The van der Waals surface area contributed by atoms with Gasteiger partial charge in [-0.3, -0.25) is 0 Å². The second-order valence-electron chi connectivity index (χ2n) is 5.03. The molecule has 1 unspecified atom stereocenters. The standard InChI is InChI=1S/C14H23BrN2O3S/c1-10(5-6-20-4)17-21(18,19)14-8-12(9-16-3)7-13(15)11(14)2/h7-8,10,16-17H,5-6,9H2,1-4H3. The molecule has 120 valence electrons. The maximum atomic E-state index is 12.5. The van der Waals surface area contributed by atoms with Crippen molar-refractivity contribution < 1.29 is 13.2 Å². The van der Waals surface area contributed by atoms with Gasteiger partial charge in [-0.15, -0.1) is 0 Å². The molecule has 7 heteroatoms. The zero-order chi connectivity index (χ0) is 16.0. The van der Waals surface area contributed by atoms with Crippen LogP contribution in [0, 0.1) is 6.92 Å². The summed E-state index contributed by atoms with van der Waals surface area (Å²) in [4.78, 5) is 0.311. The summed E-state index contributed by atoms with van der Waals surface area (Å²) >= 11 is 3.43. The summed E-state index contributed by atoms with van der Waals surface area (Å²) in [6.45, 7) is 4.76. The number of hydrogen-bond acceptors (Lipinski definition) is 4. The van der Waals surface area contributed by atoms with E-state index in [4.69, 9.17) is 4.74 Å². The van der Waals surface area contributed by atoms with Crippen molar-refractivity contribution in [1.82, 2.24) is 10.0 Å². The highest BCUT2D eigenvalue weighted by Gasteiger charge is 2.21. The minimum atomic E-state index is -3.55. The molecule has 1 atom stereocenters. The third-order valence-corrected chi connectivity index (χ3v) is 5.68. The molecule has 1 rings (SSSR count). The zero-order valence-electron chi connectivity index (χ0n) is 12.9. The number of hydrogen-bond donors (Lipinski definition) is 2. The molecule has 0 aliphatic rings. The molecule has 0 saturated heterocycles. The van der Waals surface area contributed by atoms with Crippen molar-refractivity contribution >= 4 is 26.0 Å². The summed E-state index contributed by atoms with van der Waals surface area (Å²) in [6, 6.07) is 3.46. The third-order valence-electron chi connectivity index (χ3n) is 3.14. The Balaban J connectivity index is 3.06. The number of sulfonamides is 1. The van der Waals surface area contributed by atoms with Gasteiger partial charge in [-0.25, -0.2) is 13.1 Å². The van der Waals surface area contributed by atoms with Crippen LogP contribution in [0.5, 0.6) is 0 Å². The van der Waals surface area contributed by atoms with Crippen molar-refractivity contribution in [3.63, 3.8) is 0 Å². The highest BCUT2D eigenvalue weighted by atomic mass is 79.9. The zero-order valence-corrected chi connectivity index (χ0v) is 15.3. The Kier molecular flexibility index (Phi) is 7.29. The largest absolute Gasteiger partial charge is 0.385 e. The fourth-order valence-electron chi connectivity index (χ4n) is 1.97. The van der Waals surface area contributed by atoms with Crippen LogP contribution in [0.25, 0.3) is 0 Å². The van der Waals surface area contributed by atoms with Gasteiger partial charge >= 0.3 is 0 Å². The Morgan fingerprint density at radius 3 is 2.62 bits per heavy atom. The van der Waals surface area contributed by atoms with Crippen LogP contribution in [0.15, 0.2) is 21.5 Å². The van der Waals surface area contributed by atoms with Crippen LogP contribution in [-0.2, 0) is 21.3 Å². The van der Waals surface area contributed by atoms with E-state index in [0.29, 0.717) is 30.0 Å². The summed E-state index contributed by atoms with van der Waals surface area (Å²) in [5.41, 5.74) is 1.63. The fraction of sp³-hybridized carbons (Fsp3) is 0.571. The molecule has 0 spiro atoms. The average Bonchev–Trinajstić information content (AvgIpc) is 2.40. The minimum Gasteiger partial charge on any atom is -0.385 e. The lowest BCUT2D eigenvalue weighted by molar-refractivity contribution is 0.188. The van der Waals surface area contributed by atoms with E-state index in [-0.39, 0.29) is 6.04 Å². The number of rotatable bonds is 8. The van der Waals surface area contributed by atoms with E-state index in [1.807, 2.05) is 20.0 Å². The summed E-state index contributed by atoms with van der Waals surface area (Å²) in [5.74, 6) is 0. The van der Waals surface area contributed by atoms with Gasteiger partial charge in [0.05, 0.1) is 4.90 Å². The van der Waals surface area contributed by atoms with E-state index in [1.54, 1.807) is 20.1 Å². The van der Waals surface area contributed by atoms with Gasteiger partial charge in [0.15, 0.2) is 0 Å². The van der Waals surface area contributed by atoms with E-state index < -0.39 is 10.0 Å². The first kappa shape index (κ1) is 18.6. The van der Waals surface area contributed by atoms with Crippen molar-refractivity contribution in [3.8, 4) is 0 Å². The summed E-state index contributed by atoms with van der Waals surface area (Å²) < 4.78 is 33.5. The van der Waals surface area contributed by atoms with Gasteiger partial charge in [-0.2, -0.15) is 0 Å². The Bertz CT molecular complexity index is 576. The van der Waals surface area contributed by atoms with Crippen molar-refractivity contribution in [2.24, 2.45) is 0 Å². The SMILES string of the molecule is CNCc1cc(Br)c(C)c(S(=O)(=O)NC(C)CCOC)c1. The minimum absolute atomic E-state index is 0.180. The predicted octanol–water partition coefficient (Wildman–Crippen LogP) is 2.18. The van der Waals surface area contributed by atoms with Gasteiger partial charge < -0.3 is 10.1 Å². The first-order chi connectivity index (χ1) is 9.81. The van der Waals surface area contributed by atoms with Crippen molar-refractivity contribution in [2.75, 3.05) is 20.8 Å². The van der Waals surface area contributed by atoms with E-state index in [0.717, 1.165) is 10.0 Å². The average molecular weight is 379 g/mol. The van der Waals surface area contributed by atoms with Gasteiger partial charge in [-0.1, -0.05) is 15.9 Å². The monoisotopic (exact) mass is 378 g/mol. The maximum Gasteiger partial charge on any atom is 0.241 e. The van der Waals surface area contributed by atoms with Crippen LogP contribution in [0.2, 0.25) is 0 Å². The lowest BCUT2D eigenvalue weighted by Crippen LogP contribution is -2.34. The number of halogens is 1. The van der Waals surface area contributed by atoms with E-state index in [2.05, 4.69) is 26.0 Å². The van der Waals surface area contributed by atoms with Gasteiger partial charge in [-0.05, 0) is 50.6 Å². The van der Waals surface area contributed by atoms with Crippen molar-refractivity contribution in [2.45, 2.75) is 37.8 Å². The topological polar surface area (TPSA) is 67.4 Å². The smallest absolute Gasteiger partial charge is 0.241 e. The first-order valence-electron chi connectivity index (χ1n) is 6.76. The van der Waals surface area contributed by atoms with Crippen molar-refractivity contribution in [1.29, 1.82) is 0 Å². The molecule has 5 nitrogen and oxygen atoms in total. The molecule has 21 heavy (non-hydrogen) atoms. The quantitative estimate of drug-likeness (QED) is 0.727. The summed E-state index contributed by atoms with van der Waals surface area (Å²) in [5, 5.41) is 3.03. The molecule has 0 amide bonds. The molecule has 2 N–H and O–H groups in total. The lowest BCUT2D eigenvalue weighted by Gasteiger charge is -2.17. The number of methoxy groups -OCH3 is 1. The Morgan fingerprint density at radius 1 is 1.38 bits per heavy atom. The van der Waals surface area contributed by atoms with E-state index >= 15 is 0 Å². The molecule has 0 heterocycles. The second-order valence-corrected chi connectivity index (χ2v) is 7.57. The van der Waals surface area contributed by atoms with Gasteiger partial charge in [0.25, 0.3) is 0 Å². The van der Waals surface area contributed by atoms with Gasteiger partial charge in [0, 0.05) is 30.8 Å². The Morgan fingerprint density at radius 2 is 2.05 bits per heavy atom. The molecule has 0 aromatic heterocycles. The second kappa shape index (κ2) is 8.24. The normalized spacial score (nSPS) is 13.4. The van der Waals surface area contributed by atoms with E-state index in [9.17, 15) is 8.42 Å². The molecule has 1 aromatic rings. The predicted molar refractivity (Wildman–Crippen MR) is 87.9 cm³/mol. The Hall–Kier alpha value is -0.470. The van der Waals surface area contributed by atoms with Crippen LogP contribution in [0.1, 0.15) is 24.5 Å². The summed E-state index contributed by atoms with van der Waals surface area (Å²) in [7, 11) is -0.120. The molecule has 0 radical (unpaired) electrons.